The summed E-state index contributed by atoms with van der Waals surface area (Å²) in [6.07, 6.45) is 23.7. The van der Waals surface area contributed by atoms with Crippen LogP contribution in [0.25, 0.3) is 11.1 Å². The summed E-state index contributed by atoms with van der Waals surface area (Å²) in [6, 6.07) is 36.5. The van der Waals surface area contributed by atoms with E-state index in [4.69, 9.17) is 4.74 Å². The van der Waals surface area contributed by atoms with E-state index in [0.717, 1.165) is 44.5 Å². The van der Waals surface area contributed by atoms with Gasteiger partial charge in [0.05, 0.1) is 0 Å². The van der Waals surface area contributed by atoms with Gasteiger partial charge in [-0.15, -0.1) is 0 Å². The van der Waals surface area contributed by atoms with E-state index in [1.165, 1.54) is 61.6 Å². The molecule has 4 aliphatic carbocycles. The van der Waals surface area contributed by atoms with Crippen LogP contribution in [0.3, 0.4) is 0 Å². The molecule has 230 valence electrons. The zero-order valence-electron chi connectivity index (χ0n) is 26.7. The molecule has 47 heavy (non-hydrogen) atoms. The minimum absolute atomic E-state index is 0.380. The molecule has 2 nitrogen and oxygen atoms in total. The molecule has 4 aromatic rings. The number of anilines is 1. The molecule has 2 atom stereocenters. The topological polar surface area (TPSA) is 12.5 Å². The third kappa shape index (κ3) is 5.22. The largest absolute Gasteiger partial charge is 0.489 e. The van der Waals surface area contributed by atoms with Gasteiger partial charge in [0.25, 0.3) is 0 Å². The number of benzene rings is 4. The Morgan fingerprint density at radius 1 is 0.660 bits per heavy atom. The van der Waals surface area contributed by atoms with E-state index in [1.807, 2.05) is 0 Å². The fourth-order valence-electron chi connectivity index (χ4n) is 7.92. The lowest BCUT2D eigenvalue weighted by molar-refractivity contribution is 0.204. The summed E-state index contributed by atoms with van der Waals surface area (Å²) in [4.78, 5) is 2.47. The van der Waals surface area contributed by atoms with Gasteiger partial charge in [0, 0.05) is 34.8 Å². The fourth-order valence-corrected chi connectivity index (χ4v) is 7.92. The molecule has 0 spiro atoms. The van der Waals surface area contributed by atoms with Gasteiger partial charge in [0.1, 0.15) is 12.4 Å². The third-order valence-corrected chi connectivity index (χ3v) is 10.7. The first kappa shape index (κ1) is 28.2. The van der Waals surface area contributed by atoms with Crippen LogP contribution in [0, 0.1) is 0 Å². The van der Waals surface area contributed by atoms with Crippen molar-refractivity contribution < 1.29 is 4.74 Å². The maximum Gasteiger partial charge on any atom is 0.122 e. The minimum Gasteiger partial charge on any atom is -0.489 e. The number of hydrogen-bond acceptors (Lipinski definition) is 2. The van der Waals surface area contributed by atoms with Gasteiger partial charge in [0.2, 0.25) is 0 Å². The van der Waals surface area contributed by atoms with Crippen LogP contribution in [0.5, 0.6) is 0 Å². The second-order valence-electron chi connectivity index (χ2n) is 13.4. The van der Waals surface area contributed by atoms with Gasteiger partial charge < -0.3 is 9.64 Å². The van der Waals surface area contributed by atoms with Gasteiger partial charge in [0.15, 0.2) is 0 Å². The van der Waals surface area contributed by atoms with Crippen molar-refractivity contribution in [3.05, 3.63) is 196 Å². The molecule has 0 bridgehead atoms. The average molecular weight is 610 g/mol. The van der Waals surface area contributed by atoms with Crippen LogP contribution in [0.1, 0.15) is 71.3 Å². The molecule has 5 aliphatic rings. The SMILES string of the molecule is C1=CC(c2ccc(N(C3=CCC(c4ccc(CC5c6ccccc6-c6ccccc65)cc4)C=C3)C3=CC=C(C4=CCO4)CC3)cc2)C1. The number of rotatable bonds is 8. The van der Waals surface area contributed by atoms with E-state index in [1.54, 1.807) is 0 Å². The molecule has 0 saturated carbocycles. The number of ether oxygens (including phenoxy) is 1. The van der Waals surface area contributed by atoms with Crippen molar-refractivity contribution in [2.75, 3.05) is 11.5 Å². The van der Waals surface area contributed by atoms with Gasteiger partial charge in [-0.25, -0.2) is 0 Å². The Kier molecular flexibility index (Phi) is 7.15. The fraction of sp³-hybridized carbons (Fsp3) is 0.200. The van der Waals surface area contributed by atoms with Gasteiger partial charge in [-0.1, -0.05) is 115 Å². The summed E-state index contributed by atoms with van der Waals surface area (Å²) in [6.45, 7) is 0.739. The first-order valence-corrected chi connectivity index (χ1v) is 17.2. The van der Waals surface area contributed by atoms with Gasteiger partial charge in [-0.3, -0.25) is 0 Å². The number of nitrogens with zero attached hydrogens (tertiary/aromatic N) is 1. The van der Waals surface area contributed by atoms with Crippen molar-refractivity contribution in [1.82, 2.24) is 0 Å². The molecular formula is C45H39NO. The highest BCUT2D eigenvalue weighted by atomic mass is 16.5. The van der Waals surface area contributed by atoms with Crippen molar-refractivity contribution in [2.24, 2.45) is 0 Å². The quantitative estimate of drug-likeness (QED) is 0.184. The Balaban J connectivity index is 0.939. The lowest BCUT2D eigenvalue weighted by Crippen LogP contribution is -2.24. The molecule has 9 rings (SSSR count). The van der Waals surface area contributed by atoms with E-state index >= 15 is 0 Å². The Morgan fingerprint density at radius 2 is 1.32 bits per heavy atom. The number of allylic oxidation sites excluding steroid dienone is 9. The molecular weight excluding hydrogens is 571 g/mol. The summed E-state index contributed by atoms with van der Waals surface area (Å²) >= 11 is 0. The molecule has 0 radical (unpaired) electrons. The first-order chi connectivity index (χ1) is 23.3. The zero-order chi connectivity index (χ0) is 31.2. The molecule has 1 aliphatic heterocycles. The highest BCUT2D eigenvalue weighted by molar-refractivity contribution is 5.79. The van der Waals surface area contributed by atoms with Crippen molar-refractivity contribution in [3.8, 4) is 11.1 Å². The number of fused-ring (bicyclic) bond motifs is 3. The molecule has 1 heterocycles. The maximum atomic E-state index is 5.66. The molecule has 0 fully saturated rings. The maximum absolute atomic E-state index is 5.66. The van der Waals surface area contributed by atoms with Crippen LogP contribution in [-0.4, -0.2) is 6.61 Å². The first-order valence-electron chi connectivity index (χ1n) is 17.2. The molecule has 2 unspecified atom stereocenters. The van der Waals surface area contributed by atoms with Crippen molar-refractivity contribution >= 4 is 5.69 Å². The number of hydrogen-bond donors (Lipinski definition) is 0. The predicted molar refractivity (Wildman–Crippen MR) is 193 cm³/mol. The summed E-state index contributed by atoms with van der Waals surface area (Å²) < 4.78 is 5.66. The molecule has 0 amide bonds. The monoisotopic (exact) mass is 609 g/mol. The summed E-state index contributed by atoms with van der Waals surface area (Å²) in [7, 11) is 0. The third-order valence-electron chi connectivity index (χ3n) is 10.7. The summed E-state index contributed by atoms with van der Waals surface area (Å²) in [5, 5.41) is 0. The van der Waals surface area contributed by atoms with E-state index in [-0.39, 0.29) is 0 Å². The second-order valence-corrected chi connectivity index (χ2v) is 13.4. The smallest absolute Gasteiger partial charge is 0.122 e. The van der Waals surface area contributed by atoms with Crippen LogP contribution in [0.15, 0.2) is 168 Å². The van der Waals surface area contributed by atoms with E-state index < -0.39 is 0 Å². The summed E-state index contributed by atoms with van der Waals surface area (Å²) in [5.41, 5.74) is 15.0. The molecule has 0 saturated heterocycles. The van der Waals surface area contributed by atoms with Crippen LogP contribution >= 0.6 is 0 Å². The van der Waals surface area contributed by atoms with E-state index in [9.17, 15) is 0 Å². The van der Waals surface area contributed by atoms with Crippen LogP contribution in [0.4, 0.5) is 5.69 Å². The normalized spacial score (nSPS) is 20.9. The Bertz CT molecular complexity index is 1970. The minimum atomic E-state index is 0.380. The Morgan fingerprint density at radius 3 is 1.87 bits per heavy atom. The van der Waals surface area contributed by atoms with Crippen molar-refractivity contribution in [1.29, 1.82) is 0 Å². The molecule has 4 aromatic carbocycles. The molecule has 2 heteroatoms. The molecule has 0 aromatic heterocycles. The standard InChI is InChI=1S/C45H39NO/c1-3-10-42-40(8-1)41-9-2-4-11-43(41)44(42)30-31-12-14-33(15-13-31)35-18-24-38(25-19-35)46(37-22-16-34(17-23-37)32-6-5-7-32)39-26-20-36(21-27-39)45-28-29-47-45/h1-6,8-18,20,22-26,28,32,35,44H,7,19,21,27,29-30H2. The van der Waals surface area contributed by atoms with Crippen molar-refractivity contribution in [3.63, 3.8) is 0 Å². The van der Waals surface area contributed by atoms with Crippen LogP contribution in [-0.2, 0) is 11.2 Å². The average Bonchev–Trinajstić information content (AvgIpc) is 3.39. The van der Waals surface area contributed by atoms with Gasteiger partial charge in [-0.05, 0) is 107 Å². The van der Waals surface area contributed by atoms with E-state index in [0.29, 0.717) is 17.8 Å². The van der Waals surface area contributed by atoms with Crippen LogP contribution < -0.4 is 4.90 Å². The van der Waals surface area contributed by atoms with Gasteiger partial charge >= 0.3 is 0 Å². The Hall–Kier alpha value is -5.08. The van der Waals surface area contributed by atoms with Crippen LogP contribution in [0.2, 0.25) is 0 Å². The zero-order valence-corrected chi connectivity index (χ0v) is 26.7. The van der Waals surface area contributed by atoms with Gasteiger partial charge in [-0.2, -0.15) is 0 Å². The highest BCUT2D eigenvalue weighted by Gasteiger charge is 2.28. The lowest BCUT2D eigenvalue weighted by Gasteiger charge is -2.33. The van der Waals surface area contributed by atoms with E-state index in [2.05, 4.69) is 151 Å². The second kappa shape index (κ2) is 11.9. The van der Waals surface area contributed by atoms with Crippen molar-refractivity contribution in [2.45, 2.75) is 49.9 Å². The Labute approximate surface area is 278 Å². The summed E-state index contributed by atoms with van der Waals surface area (Å²) in [5.74, 6) is 2.42. The molecule has 0 N–H and O–H groups in total. The lowest BCUT2D eigenvalue weighted by atomic mass is 9.87. The highest BCUT2D eigenvalue weighted by Crippen LogP contribution is 2.46. The predicted octanol–water partition coefficient (Wildman–Crippen LogP) is 11.0.